The van der Waals surface area contributed by atoms with E-state index in [1.54, 1.807) is 5.57 Å². The molecule has 0 N–H and O–H groups in total. The zero-order valence-corrected chi connectivity index (χ0v) is 22.9. The van der Waals surface area contributed by atoms with E-state index in [1.165, 1.54) is 153 Å². The third-order valence-corrected chi connectivity index (χ3v) is 7.52. The average molecular weight is 500 g/mol. The van der Waals surface area contributed by atoms with Crippen molar-refractivity contribution in [3.63, 3.8) is 0 Å². The van der Waals surface area contributed by atoms with Crippen molar-refractivity contribution in [1.29, 1.82) is 0 Å². The van der Waals surface area contributed by atoms with E-state index >= 15 is 0 Å². The molecule has 1 aliphatic rings. The Kier molecular flexibility index (Phi) is 20.5. The number of hydrogen-bond donors (Lipinski definition) is 0. The van der Waals surface area contributed by atoms with Crippen LogP contribution in [0.25, 0.3) is 0 Å². The topological polar surface area (TPSA) is 9.23 Å². The molecule has 184 valence electrons. The van der Waals surface area contributed by atoms with Crippen molar-refractivity contribution in [2.45, 2.75) is 168 Å². The number of alkyl halides is 1. The summed E-state index contributed by atoms with van der Waals surface area (Å²) in [6, 6.07) is 0. The molecule has 1 fully saturated rings. The van der Waals surface area contributed by atoms with Gasteiger partial charge in [-0.05, 0) is 63.4 Å². The first-order valence-electron chi connectivity index (χ1n) is 14.2. The molecule has 1 nitrogen and oxygen atoms in total. The monoisotopic (exact) mass is 498 g/mol. The van der Waals surface area contributed by atoms with Crippen molar-refractivity contribution in [3.8, 4) is 0 Å². The van der Waals surface area contributed by atoms with E-state index in [0.29, 0.717) is 6.10 Å². The maximum absolute atomic E-state index is 6.81. The van der Waals surface area contributed by atoms with Gasteiger partial charge in [0.2, 0.25) is 0 Å². The number of rotatable bonds is 23. The van der Waals surface area contributed by atoms with Crippen LogP contribution in [0.4, 0.5) is 0 Å². The van der Waals surface area contributed by atoms with Crippen LogP contribution in [0, 0.1) is 0 Å². The second-order valence-electron chi connectivity index (χ2n) is 9.94. The summed E-state index contributed by atoms with van der Waals surface area (Å²) in [5.74, 6) is 1.42. The second-order valence-corrected chi connectivity index (χ2v) is 10.7. The highest BCUT2D eigenvalue weighted by molar-refractivity contribution is 9.09. The Morgan fingerprint density at radius 1 is 0.677 bits per heavy atom. The van der Waals surface area contributed by atoms with E-state index in [-0.39, 0.29) is 0 Å². The minimum Gasteiger partial charge on any atom is -0.495 e. The summed E-state index contributed by atoms with van der Waals surface area (Å²) in [4.78, 5) is 0. The van der Waals surface area contributed by atoms with E-state index in [9.17, 15) is 0 Å². The number of hydrogen-bond acceptors (Lipinski definition) is 1. The van der Waals surface area contributed by atoms with E-state index < -0.39 is 0 Å². The minimum absolute atomic E-state index is 0.480. The third kappa shape index (κ3) is 16.3. The fraction of sp³-hybridized carbons (Fsp3) is 0.931. The maximum atomic E-state index is 6.81. The highest BCUT2D eigenvalue weighted by Gasteiger charge is 2.19. The van der Waals surface area contributed by atoms with Crippen LogP contribution in [0.3, 0.4) is 0 Å². The highest BCUT2D eigenvalue weighted by Crippen LogP contribution is 2.33. The predicted octanol–water partition coefficient (Wildman–Crippen LogP) is 11.0. The van der Waals surface area contributed by atoms with E-state index in [1.807, 2.05) is 0 Å². The Hall–Kier alpha value is 0.0200. The SMILES string of the molecule is CCCCCCCCC(CCCCCCCC)OC(CCCCCCCBr)=C1CCC1. The molecule has 0 aliphatic heterocycles. The summed E-state index contributed by atoms with van der Waals surface area (Å²) < 4.78 is 6.81. The molecule has 0 radical (unpaired) electrons. The molecular weight excluding hydrogens is 444 g/mol. The van der Waals surface area contributed by atoms with Gasteiger partial charge in [-0.2, -0.15) is 0 Å². The molecule has 0 aromatic rings. The zero-order chi connectivity index (χ0) is 22.4. The van der Waals surface area contributed by atoms with Crippen LogP contribution < -0.4 is 0 Å². The Morgan fingerprint density at radius 2 is 1.16 bits per heavy atom. The van der Waals surface area contributed by atoms with Gasteiger partial charge in [0.15, 0.2) is 0 Å². The summed E-state index contributed by atoms with van der Waals surface area (Å²) in [5.41, 5.74) is 1.66. The summed E-state index contributed by atoms with van der Waals surface area (Å²) in [6.45, 7) is 4.61. The van der Waals surface area contributed by atoms with Gasteiger partial charge in [-0.1, -0.05) is 113 Å². The van der Waals surface area contributed by atoms with Gasteiger partial charge in [-0.15, -0.1) is 0 Å². The lowest BCUT2D eigenvalue weighted by Gasteiger charge is -2.27. The van der Waals surface area contributed by atoms with Crippen molar-refractivity contribution in [2.75, 3.05) is 5.33 Å². The molecule has 0 aromatic carbocycles. The lowest BCUT2D eigenvalue weighted by atomic mass is 9.89. The Morgan fingerprint density at radius 3 is 1.65 bits per heavy atom. The Balaban J connectivity index is 2.42. The summed E-state index contributed by atoms with van der Waals surface area (Å²) in [7, 11) is 0. The molecule has 0 amide bonds. The van der Waals surface area contributed by atoms with Gasteiger partial charge in [0.05, 0.1) is 11.9 Å². The molecule has 2 heteroatoms. The largest absolute Gasteiger partial charge is 0.495 e. The molecule has 0 spiro atoms. The fourth-order valence-electron chi connectivity index (χ4n) is 4.63. The first-order valence-corrected chi connectivity index (χ1v) is 15.4. The van der Waals surface area contributed by atoms with Crippen LogP contribution in [0.2, 0.25) is 0 Å². The molecule has 0 unspecified atom stereocenters. The fourth-order valence-corrected chi connectivity index (χ4v) is 5.03. The quantitative estimate of drug-likeness (QED) is 0.0771. The standard InChI is InChI=1S/C29H55BrO/c1-3-5-7-9-12-16-23-28(24-17-13-10-8-6-4-2)31-29(27-21-20-22-27)25-18-14-11-15-19-26-30/h28H,3-26H2,1-2H3. The van der Waals surface area contributed by atoms with Gasteiger partial charge in [0.1, 0.15) is 0 Å². The Bertz CT molecular complexity index is 395. The smallest absolute Gasteiger partial charge is 0.0982 e. The van der Waals surface area contributed by atoms with Gasteiger partial charge in [0, 0.05) is 11.8 Å². The van der Waals surface area contributed by atoms with Crippen molar-refractivity contribution >= 4 is 15.9 Å². The van der Waals surface area contributed by atoms with Gasteiger partial charge in [-0.3, -0.25) is 0 Å². The van der Waals surface area contributed by atoms with Crippen molar-refractivity contribution in [3.05, 3.63) is 11.3 Å². The number of ether oxygens (including phenoxy) is 1. The lowest BCUT2D eigenvalue weighted by Crippen LogP contribution is -2.16. The first-order chi connectivity index (χ1) is 15.3. The normalized spacial score (nSPS) is 13.6. The van der Waals surface area contributed by atoms with Gasteiger partial charge >= 0.3 is 0 Å². The zero-order valence-electron chi connectivity index (χ0n) is 21.3. The molecule has 1 rings (SSSR count). The molecular formula is C29H55BrO. The van der Waals surface area contributed by atoms with E-state index in [2.05, 4.69) is 29.8 Å². The molecule has 0 aromatic heterocycles. The maximum Gasteiger partial charge on any atom is 0.0982 e. The Labute approximate surface area is 204 Å². The molecule has 0 bridgehead atoms. The third-order valence-electron chi connectivity index (χ3n) is 6.96. The minimum atomic E-state index is 0.480. The lowest BCUT2D eigenvalue weighted by molar-refractivity contribution is 0.0835. The first kappa shape index (κ1) is 29.1. The second kappa shape index (κ2) is 21.8. The van der Waals surface area contributed by atoms with Crippen LogP contribution in [0.1, 0.15) is 162 Å². The van der Waals surface area contributed by atoms with Crippen LogP contribution in [0.15, 0.2) is 11.3 Å². The molecule has 0 atom stereocenters. The van der Waals surface area contributed by atoms with E-state index in [4.69, 9.17) is 4.74 Å². The van der Waals surface area contributed by atoms with Crippen LogP contribution in [-0.2, 0) is 4.74 Å². The molecule has 31 heavy (non-hydrogen) atoms. The number of halogens is 1. The van der Waals surface area contributed by atoms with E-state index in [0.717, 1.165) is 5.33 Å². The molecule has 1 saturated carbocycles. The van der Waals surface area contributed by atoms with Crippen molar-refractivity contribution < 1.29 is 4.74 Å². The number of unbranched alkanes of at least 4 members (excludes halogenated alkanes) is 14. The summed E-state index contributed by atoms with van der Waals surface area (Å²) in [5, 5.41) is 1.16. The molecule has 1 aliphatic carbocycles. The van der Waals surface area contributed by atoms with Gasteiger partial charge in [-0.25, -0.2) is 0 Å². The van der Waals surface area contributed by atoms with Gasteiger partial charge in [0.25, 0.3) is 0 Å². The summed E-state index contributed by atoms with van der Waals surface area (Å²) in [6.07, 6.45) is 31.7. The number of allylic oxidation sites excluding steroid dienone is 2. The molecule has 0 saturated heterocycles. The van der Waals surface area contributed by atoms with Crippen molar-refractivity contribution in [2.24, 2.45) is 0 Å². The van der Waals surface area contributed by atoms with Gasteiger partial charge < -0.3 is 4.74 Å². The predicted molar refractivity (Wildman–Crippen MR) is 143 cm³/mol. The average Bonchev–Trinajstić information content (AvgIpc) is 2.73. The highest BCUT2D eigenvalue weighted by atomic mass is 79.9. The summed E-state index contributed by atoms with van der Waals surface area (Å²) >= 11 is 3.55. The van der Waals surface area contributed by atoms with Crippen LogP contribution >= 0.6 is 15.9 Å². The van der Waals surface area contributed by atoms with Crippen LogP contribution in [-0.4, -0.2) is 11.4 Å². The van der Waals surface area contributed by atoms with Crippen LogP contribution in [0.5, 0.6) is 0 Å². The van der Waals surface area contributed by atoms with Crippen molar-refractivity contribution in [1.82, 2.24) is 0 Å². The molecule has 0 heterocycles.